The highest BCUT2D eigenvalue weighted by Crippen LogP contribution is 2.29. The van der Waals surface area contributed by atoms with Crippen LogP contribution in [0.25, 0.3) is 0 Å². The van der Waals surface area contributed by atoms with Gasteiger partial charge in [0.2, 0.25) is 11.8 Å². The SMILES string of the molecule is CCN1CC(=O)N(CCC(C)(C)CCCCOCCCCC(C)(C)CN2C(=O)CN(C)C2=O)C1=O. The van der Waals surface area contributed by atoms with E-state index in [0.717, 1.165) is 58.2 Å². The highest BCUT2D eigenvalue weighted by molar-refractivity contribution is 6.02. The highest BCUT2D eigenvalue weighted by Gasteiger charge is 2.37. The van der Waals surface area contributed by atoms with E-state index in [1.165, 1.54) is 14.7 Å². The van der Waals surface area contributed by atoms with Gasteiger partial charge in [-0.15, -0.1) is 0 Å². The molecule has 35 heavy (non-hydrogen) atoms. The Hall–Kier alpha value is -2.16. The van der Waals surface area contributed by atoms with Crippen LogP contribution in [0, 0.1) is 10.8 Å². The Bertz CT molecular complexity index is 767. The summed E-state index contributed by atoms with van der Waals surface area (Å²) in [5, 5.41) is 0. The molecule has 0 aromatic heterocycles. The molecule has 0 atom stereocenters. The number of carbonyl (C=O) groups is 4. The van der Waals surface area contributed by atoms with Crippen molar-refractivity contribution in [3.05, 3.63) is 0 Å². The van der Waals surface area contributed by atoms with Crippen molar-refractivity contribution in [2.45, 2.75) is 79.6 Å². The third kappa shape index (κ3) is 8.78. The topological polar surface area (TPSA) is 90.5 Å². The van der Waals surface area contributed by atoms with Gasteiger partial charge in [0.05, 0.1) is 0 Å². The molecular formula is C26H46N4O5. The highest BCUT2D eigenvalue weighted by atomic mass is 16.5. The number of urea groups is 2. The molecule has 9 heteroatoms. The lowest BCUT2D eigenvalue weighted by Gasteiger charge is -2.29. The van der Waals surface area contributed by atoms with E-state index < -0.39 is 0 Å². The second-order valence-electron chi connectivity index (χ2n) is 11.6. The van der Waals surface area contributed by atoms with Gasteiger partial charge in [-0.2, -0.15) is 0 Å². The predicted molar refractivity (Wildman–Crippen MR) is 135 cm³/mol. The van der Waals surface area contributed by atoms with Gasteiger partial charge in [0.25, 0.3) is 0 Å². The number of hydrogen-bond donors (Lipinski definition) is 0. The van der Waals surface area contributed by atoms with Crippen LogP contribution in [0.15, 0.2) is 0 Å². The van der Waals surface area contributed by atoms with Gasteiger partial charge in [-0.05, 0) is 49.9 Å². The summed E-state index contributed by atoms with van der Waals surface area (Å²) in [5.41, 5.74) is -0.0418. The minimum Gasteiger partial charge on any atom is -0.381 e. The summed E-state index contributed by atoms with van der Waals surface area (Å²) in [6, 6.07) is -0.355. The van der Waals surface area contributed by atoms with Gasteiger partial charge >= 0.3 is 12.1 Å². The van der Waals surface area contributed by atoms with Gasteiger partial charge in [0.1, 0.15) is 13.1 Å². The maximum atomic E-state index is 12.2. The molecule has 0 spiro atoms. The molecule has 2 saturated heterocycles. The second kappa shape index (κ2) is 12.7. The number of unbranched alkanes of at least 4 members (excludes halogenated alkanes) is 2. The first kappa shape index (κ1) is 29.1. The van der Waals surface area contributed by atoms with E-state index in [1.54, 1.807) is 11.9 Å². The first-order chi connectivity index (χ1) is 16.4. The van der Waals surface area contributed by atoms with Gasteiger partial charge in [-0.25, -0.2) is 9.59 Å². The molecule has 0 aromatic carbocycles. The largest absolute Gasteiger partial charge is 0.381 e. The molecule has 0 saturated carbocycles. The summed E-state index contributed by atoms with van der Waals surface area (Å²) in [7, 11) is 1.66. The molecule has 2 heterocycles. The number of carbonyl (C=O) groups excluding carboxylic acids is 4. The molecule has 200 valence electrons. The van der Waals surface area contributed by atoms with Gasteiger partial charge in [0, 0.05) is 39.9 Å². The summed E-state index contributed by atoms with van der Waals surface area (Å²) >= 11 is 0. The van der Waals surface area contributed by atoms with E-state index in [4.69, 9.17) is 4.74 Å². The Labute approximate surface area is 211 Å². The molecule has 2 rings (SSSR count). The van der Waals surface area contributed by atoms with Crippen LogP contribution >= 0.6 is 0 Å². The quantitative estimate of drug-likeness (QED) is 0.239. The van der Waals surface area contributed by atoms with E-state index in [0.29, 0.717) is 19.6 Å². The molecule has 0 aromatic rings. The average molecular weight is 495 g/mol. The van der Waals surface area contributed by atoms with Crippen LogP contribution in [0.1, 0.15) is 79.6 Å². The van der Waals surface area contributed by atoms with Crippen LogP contribution in [0.5, 0.6) is 0 Å². The van der Waals surface area contributed by atoms with Crippen molar-refractivity contribution < 1.29 is 23.9 Å². The number of rotatable bonds is 16. The standard InChI is InChI=1S/C26H46N4O5/c1-7-28-19-22(32)29(24(28)34)15-14-25(2,3)12-8-10-16-35-17-11-9-13-26(4,5)20-30-21(31)18-27(6)23(30)33/h7-20H2,1-6H3. The Kier molecular flexibility index (Phi) is 10.5. The Morgan fingerprint density at radius 1 is 0.743 bits per heavy atom. The van der Waals surface area contributed by atoms with Crippen LogP contribution in [-0.4, -0.2) is 96.5 Å². The van der Waals surface area contributed by atoms with Crippen LogP contribution in [-0.2, 0) is 14.3 Å². The Morgan fingerprint density at radius 3 is 1.83 bits per heavy atom. The molecule has 0 unspecified atom stereocenters. The number of amides is 6. The third-order valence-corrected chi connectivity index (χ3v) is 7.12. The van der Waals surface area contributed by atoms with Crippen molar-refractivity contribution >= 4 is 23.9 Å². The normalized spacial score (nSPS) is 17.5. The lowest BCUT2D eigenvalue weighted by molar-refractivity contribution is -0.126. The number of nitrogens with zero attached hydrogens (tertiary/aromatic N) is 4. The molecule has 6 amide bonds. The first-order valence-electron chi connectivity index (χ1n) is 13.1. The predicted octanol–water partition coefficient (Wildman–Crippen LogP) is 3.96. The van der Waals surface area contributed by atoms with Crippen molar-refractivity contribution in [1.82, 2.24) is 19.6 Å². The Balaban J connectivity index is 1.52. The fourth-order valence-corrected chi connectivity index (χ4v) is 4.65. The molecule has 2 fully saturated rings. The number of ether oxygens (including phenoxy) is 1. The van der Waals surface area contributed by atoms with Gasteiger partial charge in [-0.3, -0.25) is 19.4 Å². The Morgan fingerprint density at radius 2 is 1.31 bits per heavy atom. The van der Waals surface area contributed by atoms with Gasteiger partial charge in [-0.1, -0.05) is 40.5 Å². The fraction of sp³-hybridized carbons (Fsp3) is 0.846. The zero-order chi connectivity index (χ0) is 26.2. The van der Waals surface area contributed by atoms with Crippen molar-refractivity contribution in [2.75, 3.05) is 53.0 Å². The lowest BCUT2D eigenvalue weighted by atomic mass is 9.84. The van der Waals surface area contributed by atoms with E-state index in [-0.39, 0.29) is 47.8 Å². The zero-order valence-corrected chi connectivity index (χ0v) is 22.7. The van der Waals surface area contributed by atoms with E-state index >= 15 is 0 Å². The maximum Gasteiger partial charge on any atom is 0.327 e. The molecule has 0 aliphatic carbocycles. The fourth-order valence-electron chi connectivity index (χ4n) is 4.65. The second-order valence-corrected chi connectivity index (χ2v) is 11.6. The van der Waals surface area contributed by atoms with Gasteiger partial charge < -0.3 is 14.5 Å². The van der Waals surface area contributed by atoms with E-state index in [1.807, 2.05) is 6.92 Å². The molecule has 2 aliphatic rings. The van der Waals surface area contributed by atoms with Gasteiger partial charge in [0.15, 0.2) is 0 Å². The monoisotopic (exact) mass is 494 g/mol. The summed E-state index contributed by atoms with van der Waals surface area (Å²) in [6.07, 6.45) is 6.77. The maximum absolute atomic E-state index is 12.2. The lowest BCUT2D eigenvalue weighted by Crippen LogP contribution is -2.39. The van der Waals surface area contributed by atoms with Crippen molar-refractivity contribution in [3.63, 3.8) is 0 Å². The molecule has 2 aliphatic heterocycles. The molecule has 0 N–H and O–H groups in total. The average Bonchev–Trinajstić information content (AvgIpc) is 3.19. The minimum absolute atomic E-state index is 0.0681. The number of likely N-dealkylation sites (N-methyl/N-ethyl adjacent to an activating group) is 2. The molecular weight excluding hydrogens is 448 g/mol. The van der Waals surface area contributed by atoms with Crippen molar-refractivity contribution in [2.24, 2.45) is 10.8 Å². The summed E-state index contributed by atoms with van der Waals surface area (Å²) in [6.45, 7) is 13.8. The van der Waals surface area contributed by atoms with Crippen LogP contribution in [0.3, 0.4) is 0 Å². The summed E-state index contributed by atoms with van der Waals surface area (Å²) in [4.78, 5) is 54.2. The van der Waals surface area contributed by atoms with Crippen LogP contribution < -0.4 is 0 Å². The zero-order valence-electron chi connectivity index (χ0n) is 22.7. The summed E-state index contributed by atoms with van der Waals surface area (Å²) in [5.74, 6) is -0.201. The molecule has 0 radical (unpaired) electrons. The smallest absolute Gasteiger partial charge is 0.327 e. The van der Waals surface area contributed by atoms with Crippen molar-refractivity contribution in [1.29, 1.82) is 0 Å². The molecule has 0 bridgehead atoms. The van der Waals surface area contributed by atoms with E-state index in [2.05, 4.69) is 27.7 Å². The minimum atomic E-state index is -0.198. The van der Waals surface area contributed by atoms with Crippen molar-refractivity contribution in [3.8, 4) is 0 Å². The number of imide groups is 2. The van der Waals surface area contributed by atoms with E-state index in [9.17, 15) is 19.2 Å². The molecule has 9 nitrogen and oxygen atoms in total. The van der Waals surface area contributed by atoms with Crippen LogP contribution in [0.4, 0.5) is 9.59 Å². The summed E-state index contributed by atoms with van der Waals surface area (Å²) < 4.78 is 5.81. The van der Waals surface area contributed by atoms with Crippen LogP contribution in [0.2, 0.25) is 0 Å². The third-order valence-electron chi connectivity index (χ3n) is 7.12. The first-order valence-corrected chi connectivity index (χ1v) is 13.1. The number of hydrogen-bond acceptors (Lipinski definition) is 5.